The molecule has 1 aromatic heterocycles. The van der Waals surface area contributed by atoms with Gasteiger partial charge in [-0.15, -0.1) is 0 Å². The molecule has 1 aromatic rings. The Morgan fingerprint density at radius 3 is 3.00 bits per heavy atom. The second-order valence-electron chi connectivity index (χ2n) is 4.77. The van der Waals surface area contributed by atoms with Crippen molar-refractivity contribution in [1.82, 2.24) is 10.3 Å². The van der Waals surface area contributed by atoms with Crippen molar-refractivity contribution in [2.45, 2.75) is 25.3 Å². The lowest BCUT2D eigenvalue weighted by Crippen LogP contribution is -2.37. The van der Waals surface area contributed by atoms with Gasteiger partial charge < -0.3 is 5.32 Å². The first-order chi connectivity index (χ1) is 8.24. The van der Waals surface area contributed by atoms with Crippen LogP contribution in [-0.2, 0) is 0 Å². The number of aromatic nitrogens is 1. The zero-order valence-corrected chi connectivity index (χ0v) is 10.9. The lowest BCUT2D eigenvalue weighted by molar-refractivity contribution is 0.341. The molecule has 90 valence electrons. The molecule has 0 saturated carbocycles. The van der Waals surface area contributed by atoms with Crippen LogP contribution in [0, 0.1) is 5.92 Å². The molecule has 2 aliphatic rings. The van der Waals surface area contributed by atoms with E-state index in [1.165, 1.54) is 18.4 Å². The minimum absolute atomic E-state index is 0.379. The SMILES string of the molecule is Clc1cc(C2=C[C@H]3NCCC[C@H]3C2)cnc1Cl. The largest absolute Gasteiger partial charge is 0.310 e. The van der Waals surface area contributed by atoms with E-state index >= 15 is 0 Å². The Hall–Kier alpha value is -0.570. The van der Waals surface area contributed by atoms with Crippen LogP contribution in [0.15, 0.2) is 18.3 Å². The zero-order chi connectivity index (χ0) is 11.8. The van der Waals surface area contributed by atoms with Gasteiger partial charge in [-0.05, 0) is 48.9 Å². The van der Waals surface area contributed by atoms with Gasteiger partial charge in [0.25, 0.3) is 0 Å². The fraction of sp³-hybridized carbons (Fsp3) is 0.462. The standard InChI is InChI=1S/C13H14Cl2N2/c14-11-5-10(7-17-13(11)15)9-4-8-2-1-3-16-12(8)6-9/h5-8,12,16H,1-4H2/t8-,12+/m0/s1. The summed E-state index contributed by atoms with van der Waals surface area (Å²) in [5, 5.41) is 4.47. The minimum atomic E-state index is 0.379. The van der Waals surface area contributed by atoms with Crippen molar-refractivity contribution in [2.75, 3.05) is 6.54 Å². The summed E-state index contributed by atoms with van der Waals surface area (Å²) >= 11 is 11.8. The van der Waals surface area contributed by atoms with Gasteiger partial charge in [-0.2, -0.15) is 0 Å². The van der Waals surface area contributed by atoms with Crippen LogP contribution in [0.1, 0.15) is 24.8 Å². The molecule has 2 atom stereocenters. The fourth-order valence-electron chi connectivity index (χ4n) is 2.78. The van der Waals surface area contributed by atoms with E-state index in [9.17, 15) is 0 Å². The molecule has 0 bridgehead atoms. The summed E-state index contributed by atoms with van der Waals surface area (Å²) in [4.78, 5) is 4.11. The number of nitrogens with one attached hydrogen (secondary N) is 1. The average Bonchev–Trinajstić information content (AvgIpc) is 2.76. The van der Waals surface area contributed by atoms with Crippen LogP contribution in [0.5, 0.6) is 0 Å². The lowest BCUT2D eigenvalue weighted by Gasteiger charge is -2.25. The van der Waals surface area contributed by atoms with Crippen molar-refractivity contribution in [3.63, 3.8) is 0 Å². The number of allylic oxidation sites excluding steroid dienone is 1. The number of nitrogens with zero attached hydrogens (tertiary/aromatic N) is 1. The molecular formula is C13H14Cl2N2. The van der Waals surface area contributed by atoms with E-state index in [0.717, 1.165) is 24.4 Å². The quantitative estimate of drug-likeness (QED) is 0.789. The molecule has 0 amide bonds. The molecule has 17 heavy (non-hydrogen) atoms. The van der Waals surface area contributed by atoms with Crippen molar-refractivity contribution >= 4 is 28.8 Å². The van der Waals surface area contributed by atoms with Crippen molar-refractivity contribution in [3.05, 3.63) is 34.1 Å². The molecule has 0 spiro atoms. The van der Waals surface area contributed by atoms with Crippen LogP contribution in [0.3, 0.4) is 0 Å². The van der Waals surface area contributed by atoms with Crippen LogP contribution in [0.25, 0.3) is 5.57 Å². The highest BCUT2D eigenvalue weighted by molar-refractivity contribution is 6.41. The number of fused-ring (bicyclic) bond motifs is 1. The van der Waals surface area contributed by atoms with Crippen LogP contribution < -0.4 is 5.32 Å². The number of hydrogen-bond acceptors (Lipinski definition) is 2. The van der Waals surface area contributed by atoms with E-state index < -0.39 is 0 Å². The molecule has 0 radical (unpaired) electrons. The second kappa shape index (κ2) is 4.60. The average molecular weight is 269 g/mol. The van der Waals surface area contributed by atoms with E-state index in [0.29, 0.717) is 16.2 Å². The van der Waals surface area contributed by atoms with Crippen LogP contribution >= 0.6 is 23.2 Å². The molecule has 1 aliphatic carbocycles. The van der Waals surface area contributed by atoms with Gasteiger partial charge in [0.05, 0.1) is 5.02 Å². The Morgan fingerprint density at radius 2 is 2.24 bits per heavy atom. The van der Waals surface area contributed by atoms with Crippen molar-refractivity contribution in [2.24, 2.45) is 5.92 Å². The third kappa shape index (κ3) is 2.22. The van der Waals surface area contributed by atoms with Crippen LogP contribution in [-0.4, -0.2) is 17.6 Å². The summed E-state index contributed by atoms with van der Waals surface area (Å²) in [7, 11) is 0. The smallest absolute Gasteiger partial charge is 0.147 e. The molecule has 0 aromatic carbocycles. The van der Waals surface area contributed by atoms with Gasteiger partial charge in [-0.3, -0.25) is 0 Å². The highest BCUT2D eigenvalue weighted by atomic mass is 35.5. The van der Waals surface area contributed by atoms with Gasteiger partial charge >= 0.3 is 0 Å². The van der Waals surface area contributed by atoms with Gasteiger partial charge in [0.15, 0.2) is 0 Å². The first-order valence-corrected chi connectivity index (χ1v) is 6.75. The van der Waals surface area contributed by atoms with E-state index in [2.05, 4.69) is 16.4 Å². The Balaban J connectivity index is 1.87. The number of hydrogen-bond donors (Lipinski definition) is 1. The predicted octanol–water partition coefficient (Wildman–Crippen LogP) is 3.54. The number of piperidine rings is 1. The summed E-state index contributed by atoms with van der Waals surface area (Å²) in [5.41, 5.74) is 2.45. The van der Waals surface area contributed by atoms with E-state index in [1.807, 2.05) is 12.3 Å². The summed E-state index contributed by atoms with van der Waals surface area (Å²) in [6.45, 7) is 1.13. The van der Waals surface area contributed by atoms with E-state index in [-0.39, 0.29) is 0 Å². The van der Waals surface area contributed by atoms with Crippen molar-refractivity contribution in [1.29, 1.82) is 0 Å². The molecule has 1 fully saturated rings. The highest BCUT2D eigenvalue weighted by Crippen LogP contribution is 2.37. The first kappa shape index (κ1) is 11.5. The van der Waals surface area contributed by atoms with Gasteiger partial charge in [0, 0.05) is 12.2 Å². The normalized spacial score (nSPS) is 27.8. The molecule has 0 unspecified atom stereocenters. The van der Waals surface area contributed by atoms with Crippen LogP contribution in [0.4, 0.5) is 0 Å². The third-order valence-electron chi connectivity index (χ3n) is 3.67. The Morgan fingerprint density at radius 1 is 1.35 bits per heavy atom. The monoisotopic (exact) mass is 268 g/mol. The first-order valence-electron chi connectivity index (χ1n) is 5.99. The Bertz CT molecular complexity index is 470. The second-order valence-corrected chi connectivity index (χ2v) is 5.54. The van der Waals surface area contributed by atoms with Gasteiger partial charge in [0.2, 0.25) is 0 Å². The zero-order valence-electron chi connectivity index (χ0n) is 9.42. The number of rotatable bonds is 1. The van der Waals surface area contributed by atoms with Crippen LogP contribution in [0.2, 0.25) is 10.2 Å². The molecule has 2 heterocycles. The fourth-order valence-corrected chi connectivity index (χ4v) is 3.05. The highest BCUT2D eigenvalue weighted by Gasteiger charge is 2.30. The molecular weight excluding hydrogens is 255 g/mol. The number of pyridine rings is 1. The van der Waals surface area contributed by atoms with Crippen molar-refractivity contribution in [3.8, 4) is 0 Å². The Kier molecular flexibility index (Phi) is 3.12. The molecule has 1 aliphatic heterocycles. The topological polar surface area (TPSA) is 24.9 Å². The van der Waals surface area contributed by atoms with Crippen molar-refractivity contribution < 1.29 is 0 Å². The van der Waals surface area contributed by atoms with Gasteiger partial charge in [0.1, 0.15) is 5.15 Å². The maximum Gasteiger partial charge on any atom is 0.147 e. The predicted molar refractivity (Wildman–Crippen MR) is 71.4 cm³/mol. The molecule has 2 nitrogen and oxygen atoms in total. The van der Waals surface area contributed by atoms with Gasteiger partial charge in [-0.25, -0.2) is 4.98 Å². The summed E-state index contributed by atoms with van der Waals surface area (Å²) in [6.07, 6.45) is 7.86. The minimum Gasteiger partial charge on any atom is -0.310 e. The molecule has 1 N–H and O–H groups in total. The Labute approximate surface area is 111 Å². The van der Waals surface area contributed by atoms with E-state index in [4.69, 9.17) is 23.2 Å². The summed E-state index contributed by atoms with van der Waals surface area (Å²) < 4.78 is 0. The number of halogens is 2. The molecule has 3 rings (SSSR count). The third-order valence-corrected chi connectivity index (χ3v) is 4.36. The summed E-state index contributed by atoms with van der Waals surface area (Å²) in [6, 6.07) is 2.45. The van der Waals surface area contributed by atoms with E-state index in [1.54, 1.807) is 0 Å². The summed E-state index contributed by atoms with van der Waals surface area (Å²) in [5.74, 6) is 0.744. The lowest BCUT2D eigenvalue weighted by atomic mass is 9.92. The van der Waals surface area contributed by atoms with Gasteiger partial charge in [-0.1, -0.05) is 29.3 Å². The maximum atomic E-state index is 6.01. The molecule has 4 heteroatoms. The maximum absolute atomic E-state index is 6.01. The molecule has 1 saturated heterocycles.